The molecule has 5 heteroatoms. The Labute approximate surface area is 160 Å². The predicted octanol–water partition coefficient (Wildman–Crippen LogP) is 5.77. The Balaban J connectivity index is 2.20. The normalized spacial score (nSPS) is 12.7. The summed E-state index contributed by atoms with van der Waals surface area (Å²) in [5.41, 5.74) is 6.67. The van der Waals surface area contributed by atoms with E-state index in [-0.39, 0.29) is 12.7 Å². The van der Waals surface area contributed by atoms with Gasteiger partial charge in [0.25, 0.3) is 0 Å². The third-order valence-corrected chi connectivity index (χ3v) is 5.14. The topological polar surface area (TPSA) is 39.9 Å². The van der Waals surface area contributed by atoms with Gasteiger partial charge >= 0.3 is 0 Å². The van der Waals surface area contributed by atoms with Crippen LogP contribution in [0.15, 0.2) is 24.4 Å². The Bertz CT molecular complexity index is 958. The number of aryl methyl sites for hydroxylation is 2. The molecule has 27 heavy (non-hydrogen) atoms. The van der Waals surface area contributed by atoms with E-state index < -0.39 is 0 Å². The summed E-state index contributed by atoms with van der Waals surface area (Å²) >= 11 is 0. The highest BCUT2D eigenvalue weighted by atomic mass is 19.1. The molecule has 0 saturated carbocycles. The van der Waals surface area contributed by atoms with Gasteiger partial charge in [-0.15, -0.1) is 0 Å². The zero-order valence-corrected chi connectivity index (χ0v) is 17.0. The van der Waals surface area contributed by atoms with Gasteiger partial charge in [0.05, 0.1) is 35.4 Å². The smallest absolute Gasteiger partial charge is 0.222 e. The summed E-state index contributed by atoms with van der Waals surface area (Å²) in [5.74, 6) is 0.913. The zero-order valence-electron chi connectivity index (χ0n) is 17.0. The summed E-state index contributed by atoms with van der Waals surface area (Å²) in [6.07, 6.45) is 2.75. The first kappa shape index (κ1) is 19.3. The maximum Gasteiger partial charge on any atom is 0.222 e. The highest BCUT2D eigenvalue weighted by Gasteiger charge is 2.19. The average Bonchev–Trinajstić information content (AvgIpc) is 2.97. The molecule has 0 aliphatic heterocycles. The molecule has 4 nitrogen and oxygen atoms in total. The van der Waals surface area contributed by atoms with Gasteiger partial charge in [0.1, 0.15) is 6.67 Å². The van der Waals surface area contributed by atoms with Crippen molar-refractivity contribution in [1.29, 1.82) is 0 Å². The fourth-order valence-electron chi connectivity index (χ4n) is 3.49. The van der Waals surface area contributed by atoms with Crippen LogP contribution in [0.4, 0.5) is 4.39 Å². The molecule has 0 amide bonds. The molecule has 3 rings (SSSR count). The molecule has 3 heterocycles. The van der Waals surface area contributed by atoms with Crippen LogP contribution in [0, 0.1) is 13.8 Å². The third kappa shape index (κ3) is 3.43. The lowest BCUT2D eigenvalue weighted by atomic mass is 10.0. The minimum absolute atomic E-state index is 0.158. The lowest BCUT2D eigenvalue weighted by molar-refractivity contribution is 0.355. The summed E-state index contributed by atoms with van der Waals surface area (Å²) in [5, 5.41) is 0. The number of ether oxygens (including phenoxy) is 1. The Morgan fingerprint density at radius 1 is 1.15 bits per heavy atom. The number of pyridine rings is 2. The number of rotatable bonds is 6. The monoisotopic (exact) mass is 369 g/mol. The van der Waals surface area contributed by atoms with Crippen LogP contribution in [0.3, 0.4) is 0 Å². The molecule has 0 aliphatic carbocycles. The van der Waals surface area contributed by atoms with E-state index in [4.69, 9.17) is 9.72 Å². The number of halogens is 1. The molecule has 0 saturated heterocycles. The van der Waals surface area contributed by atoms with Gasteiger partial charge in [0.2, 0.25) is 5.88 Å². The minimum atomic E-state index is -0.380. The van der Waals surface area contributed by atoms with Crippen molar-refractivity contribution in [2.75, 3.05) is 13.8 Å². The first-order chi connectivity index (χ1) is 12.9. The Hall–Kier alpha value is -2.43. The van der Waals surface area contributed by atoms with Gasteiger partial charge in [-0.25, -0.2) is 14.4 Å². The summed E-state index contributed by atoms with van der Waals surface area (Å²) in [4.78, 5) is 9.59. The van der Waals surface area contributed by atoms with Gasteiger partial charge in [-0.1, -0.05) is 20.8 Å². The Morgan fingerprint density at radius 3 is 2.48 bits per heavy atom. The van der Waals surface area contributed by atoms with E-state index in [0.29, 0.717) is 11.8 Å². The maximum absolute atomic E-state index is 13.5. The second-order valence-corrected chi connectivity index (χ2v) is 7.41. The van der Waals surface area contributed by atoms with E-state index >= 15 is 0 Å². The first-order valence-electron chi connectivity index (χ1n) is 9.51. The fourth-order valence-corrected chi connectivity index (χ4v) is 3.49. The van der Waals surface area contributed by atoms with E-state index in [1.165, 1.54) is 0 Å². The predicted molar refractivity (Wildman–Crippen MR) is 108 cm³/mol. The number of aromatic nitrogens is 3. The molecule has 0 spiro atoms. The number of hydrogen-bond donors (Lipinski definition) is 0. The molecule has 0 N–H and O–H groups in total. The minimum Gasteiger partial charge on any atom is -0.480 e. The van der Waals surface area contributed by atoms with Crippen molar-refractivity contribution in [3.8, 4) is 17.1 Å². The quantitative estimate of drug-likeness (QED) is 0.554. The summed E-state index contributed by atoms with van der Waals surface area (Å²) < 4.78 is 21.0. The van der Waals surface area contributed by atoms with E-state index in [1.54, 1.807) is 7.11 Å². The largest absolute Gasteiger partial charge is 0.480 e. The van der Waals surface area contributed by atoms with Crippen LogP contribution in [-0.4, -0.2) is 28.3 Å². The van der Waals surface area contributed by atoms with Crippen LogP contribution in [0.2, 0.25) is 0 Å². The van der Waals surface area contributed by atoms with Crippen LogP contribution in [0.5, 0.6) is 5.88 Å². The third-order valence-electron chi connectivity index (χ3n) is 5.14. The molecule has 0 bridgehead atoms. The summed E-state index contributed by atoms with van der Waals surface area (Å²) in [6.45, 7) is 9.89. The van der Waals surface area contributed by atoms with Crippen molar-refractivity contribution >= 4 is 11.0 Å². The molecule has 0 unspecified atom stereocenters. The lowest BCUT2D eigenvalue weighted by Gasteiger charge is -2.16. The summed E-state index contributed by atoms with van der Waals surface area (Å²) in [6, 6.07) is 6.00. The lowest BCUT2D eigenvalue weighted by Crippen LogP contribution is -2.09. The van der Waals surface area contributed by atoms with E-state index in [0.717, 1.165) is 45.5 Å². The highest BCUT2D eigenvalue weighted by Crippen LogP contribution is 2.34. The second-order valence-electron chi connectivity index (χ2n) is 7.41. The number of alkyl halides is 1. The van der Waals surface area contributed by atoms with Crippen molar-refractivity contribution in [2.24, 2.45) is 0 Å². The molecule has 0 radical (unpaired) electrons. The molecule has 3 aromatic heterocycles. The maximum atomic E-state index is 13.5. The Morgan fingerprint density at radius 2 is 1.89 bits per heavy atom. The van der Waals surface area contributed by atoms with E-state index in [9.17, 15) is 4.39 Å². The first-order valence-corrected chi connectivity index (χ1v) is 9.51. The molecule has 0 aromatic carbocycles. The molecule has 0 fully saturated rings. The molecular formula is C22H28FN3O. The summed E-state index contributed by atoms with van der Waals surface area (Å²) in [7, 11) is 1.64. The highest BCUT2D eigenvalue weighted by molar-refractivity contribution is 5.85. The van der Waals surface area contributed by atoms with Crippen LogP contribution < -0.4 is 4.74 Å². The van der Waals surface area contributed by atoms with Crippen molar-refractivity contribution < 1.29 is 9.13 Å². The van der Waals surface area contributed by atoms with Crippen LogP contribution in [0.25, 0.3) is 22.3 Å². The average molecular weight is 369 g/mol. The van der Waals surface area contributed by atoms with Gasteiger partial charge in [0, 0.05) is 11.9 Å². The second kappa shape index (κ2) is 7.67. The number of nitrogens with zero attached hydrogens (tertiary/aromatic N) is 3. The standard InChI is InChI=1S/C22H28FN3O/c1-7-16(11-23)26-12-15(5)21-19(26)10-14(4)20(25-21)17-8-9-18(13(2)3)24-22(17)27-6/h8-10,12-13,16H,7,11H2,1-6H3/t16-/m1/s1. The molecule has 1 atom stereocenters. The van der Waals surface area contributed by atoms with Gasteiger partial charge < -0.3 is 9.30 Å². The molecule has 3 aromatic rings. The molecule has 0 aliphatic rings. The SMILES string of the molecule is CC[C@H](CF)n1cc(C)c2nc(-c3ccc(C(C)C)nc3OC)c(C)cc21. The molecular weight excluding hydrogens is 341 g/mol. The van der Waals surface area contributed by atoms with Gasteiger partial charge in [-0.05, 0) is 55.5 Å². The number of fused-ring (bicyclic) bond motifs is 1. The van der Waals surface area contributed by atoms with E-state index in [2.05, 4.69) is 24.9 Å². The van der Waals surface area contributed by atoms with E-state index in [1.807, 2.05) is 43.7 Å². The Kier molecular flexibility index (Phi) is 5.49. The van der Waals surface area contributed by atoms with Gasteiger partial charge in [0.15, 0.2) is 0 Å². The van der Waals surface area contributed by atoms with Crippen LogP contribution in [0.1, 0.15) is 56.0 Å². The van der Waals surface area contributed by atoms with Crippen molar-refractivity contribution in [3.63, 3.8) is 0 Å². The van der Waals surface area contributed by atoms with Crippen LogP contribution >= 0.6 is 0 Å². The number of hydrogen-bond acceptors (Lipinski definition) is 3. The molecule has 144 valence electrons. The van der Waals surface area contributed by atoms with Crippen molar-refractivity contribution in [2.45, 2.75) is 53.0 Å². The number of methoxy groups -OCH3 is 1. The van der Waals surface area contributed by atoms with Crippen molar-refractivity contribution in [1.82, 2.24) is 14.5 Å². The van der Waals surface area contributed by atoms with Gasteiger partial charge in [-0.2, -0.15) is 0 Å². The van der Waals surface area contributed by atoms with Crippen molar-refractivity contribution in [3.05, 3.63) is 41.2 Å². The van der Waals surface area contributed by atoms with Gasteiger partial charge in [-0.3, -0.25) is 0 Å². The fraction of sp³-hybridized carbons (Fsp3) is 0.455. The van der Waals surface area contributed by atoms with Crippen LogP contribution in [-0.2, 0) is 0 Å². The zero-order chi connectivity index (χ0) is 19.7.